The van der Waals surface area contributed by atoms with Crippen molar-refractivity contribution in [1.29, 1.82) is 0 Å². The first kappa shape index (κ1) is 21.8. The molecule has 1 aromatic rings. The molecule has 154 valence electrons. The van der Waals surface area contributed by atoms with Crippen LogP contribution in [0.15, 0.2) is 23.9 Å². The van der Waals surface area contributed by atoms with Crippen LogP contribution < -0.4 is 9.47 Å². The molecule has 0 unspecified atom stereocenters. The number of rotatable bonds is 11. The van der Waals surface area contributed by atoms with Crippen molar-refractivity contribution in [1.82, 2.24) is 9.80 Å². The van der Waals surface area contributed by atoms with E-state index in [4.69, 9.17) is 9.47 Å². The summed E-state index contributed by atoms with van der Waals surface area (Å²) in [6, 6.07) is 5.16. The van der Waals surface area contributed by atoms with Gasteiger partial charge in [0.25, 0.3) is 11.8 Å². The van der Waals surface area contributed by atoms with Gasteiger partial charge in [-0.05, 0) is 24.1 Å². The third-order valence-corrected chi connectivity index (χ3v) is 4.87. The molecule has 0 radical (unpaired) electrons. The highest BCUT2D eigenvalue weighted by molar-refractivity contribution is 6.35. The van der Waals surface area contributed by atoms with Crippen LogP contribution in [0, 0.1) is 0 Å². The normalized spacial score (nSPS) is 14.1. The fourth-order valence-electron chi connectivity index (χ4n) is 3.33. The number of ether oxygens (including phenoxy) is 2. The maximum Gasteiger partial charge on any atom is 0.277 e. The first-order valence-corrected chi connectivity index (χ1v) is 9.64. The largest absolute Gasteiger partial charge is 0.493 e. The Hall–Kier alpha value is -2.54. The Kier molecular flexibility index (Phi) is 7.87. The average Bonchev–Trinajstić information content (AvgIpc) is 2.95. The smallest absolute Gasteiger partial charge is 0.277 e. The Balaban J connectivity index is 2.43. The van der Waals surface area contributed by atoms with Gasteiger partial charge in [-0.25, -0.2) is 0 Å². The zero-order chi connectivity index (χ0) is 20.7. The van der Waals surface area contributed by atoms with Gasteiger partial charge in [0.15, 0.2) is 11.5 Å². The number of imide groups is 1. The van der Waals surface area contributed by atoms with Crippen LogP contribution in [0.3, 0.4) is 0 Å². The number of benzene rings is 1. The van der Waals surface area contributed by atoms with Gasteiger partial charge in [-0.2, -0.15) is 0 Å². The Morgan fingerprint density at radius 3 is 2.36 bits per heavy atom. The SMILES string of the molecule is CCCCCCN1C(=O)C(c2ccc(OC)c(OC)c2)=C(N(C)CCO)C1=O. The van der Waals surface area contributed by atoms with Crippen LogP contribution in [0.5, 0.6) is 11.5 Å². The molecule has 2 rings (SSSR count). The van der Waals surface area contributed by atoms with Crippen LogP contribution in [0.4, 0.5) is 0 Å². The number of likely N-dealkylation sites (N-methyl/N-ethyl adjacent to an activating group) is 1. The Morgan fingerprint density at radius 1 is 1.04 bits per heavy atom. The molecular weight excluding hydrogens is 360 g/mol. The van der Waals surface area contributed by atoms with E-state index in [1.54, 1.807) is 37.3 Å². The van der Waals surface area contributed by atoms with Gasteiger partial charge in [0, 0.05) is 20.1 Å². The minimum Gasteiger partial charge on any atom is -0.493 e. The van der Waals surface area contributed by atoms with Gasteiger partial charge in [-0.15, -0.1) is 0 Å². The van der Waals surface area contributed by atoms with Crippen LogP contribution in [-0.2, 0) is 9.59 Å². The predicted molar refractivity (Wildman–Crippen MR) is 107 cm³/mol. The highest BCUT2D eigenvalue weighted by Crippen LogP contribution is 2.36. The lowest BCUT2D eigenvalue weighted by atomic mass is 10.0. The lowest BCUT2D eigenvalue weighted by molar-refractivity contribution is -0.137. The predicted octanol–water partition coefficient (Wildman–Crippen LogP) is 2.29. The molecule has 0 saturated carbocycles. The lowest BCUT2D eigenvalue weighted by Crippen LogP contribution is -2.35. The van der Waals surface area contributed by atoms with Crippen molar-refractivity contribution >= 4 is 17.4 Å². The second-order valence-electron chi connectivity index (χ2n) is 6.76. The Morgan fingerprint density at radius 2 is 1.75 bits per heavy atom. The molecule has 0 aliphatic carbocycles. The van der Waals surface area contributed by atoms with Gasteiger partial charge in [0.1, 0.15) is 5.70 Å². The second-order valence-corrected chi connectivity index (χ2v) is 6.76. The number of nitrogens with zero attached hydrogens (tertiary/aromatic N) is 2. The molecule has 0 saturated heterocycles. The standard InChI is InChI=1S/C21H30N2O5/c1-5-6-7-8-11-23-20(25)18(19(21(23)26)22(2)12-13-24)15-9-10-16(27-3)17(14-15)28-4/h9-10,14,24H,5-8,11-13H2,1-4H3. The number of carbonyl (C=O) groups excluding carboxylic acids is 2. The maximum atomic E-state index is 13.1. The minimum atomic E-state index is -0.317. The monoisotopic (exact) mass is 390 g/mol. The number of hydrogen-bond donors (Lipinski definition) is 1. The quantitative estimate of drug-likeness (QED) is 0.461. The number of amides is 2. The van der Waals surface area contributed by atoms with Crippen molar-refractivity contribution in [3.05, 3.63) is 29.5 Å². The number of aliphatic hydroxyl groups is 1. The van der Waals surface area contributed by atoms with Gasteiger partial charge < -0.3 is 19.5 Å². The van der Waals surface area contributed by atoms with Crippen molar-refractivity contribution in [2.24, 2.45) is 0 Å². The second kappa shape index (κ2) is 10.1. The van der Waals surface area contributed by atoms with Gasteiger partial charge in [-0.1, -0.05) is 32.3 Å². The van der Waals surface area contributed by atoms with E-state index in [1.807, 2.05) is 0 Å². The molecule has 0 aromatic heterocycles. The third-order valence-electron chi connectivity index (χ3n) is 4.87. The van der Waals surface area contributed by atoms with E-state index < -0.39 is 0 Å². The number of methoxy groups -OCH3 is 2. The minimum absolute atomic E-state index is 0.114. The van der Waals surface area contributed by atoms with Crippen LogP contribution in [-0.4, -0.2) is 67.7 Å². The van der Waals surface area contributed by atoms with Crippen molar-refractivity contribution in [2.75, 3.05) is 41.0 Å². The fraction of sp³-hybridized carbons (Fsp3) is 0.524. The van der Waals surface area contributed by atoms with Gasteiger partial charge in [0.05, 0.1) is 26.4 Å². The molecule has 1 N–H and O–H groups in total. The molecule has 28 heavy (non-hydrogen) atoms. The molecule has 7 heteroatoms. The molecule has 1 aliphatic heterocycles. The molecule has 0 fully saturated rings. The van der Waals surface area contributed by atoms with Gasteiger partial charge in [-0.3, -0.25) is 14.5 Å². The Bertz CT molecular complexity index is 744. The average molecular weight is 390 g/mol. The highest BCUT2D eigenvalue weighted by Gasteiger charge is 2.40. The van der Waals surface area contributed by atoms with Crippen LogP contribution in [0.1, 0.15) is 38.2 Å². The van der Waals surface area contributed by atoms with Crippen molar-refractivity contribution in [2.45, 2.75) is 32.6 Å². The highest BCUT2D eigenvalue weighted by atomic mass is 16.5. The fourth-order valence-corrected chi connectivity index (χ4v) is 3.33. The van der Waals surface area contributed by atoms with E-state index >= 15 is 0 Å². The summed E-state index contributed by atoms with van der Waals surface area (Å²) in [4.78, 5) is 29.1. The van der Waals surface area contributed by atoms with Crippen LogP contribution >= 0.6 is 0 Å². The van der Waals surface area contributed by atoms with E-state index in [-0.39, 0.29) is 25.0 Å². The van der Waals surface area contributed by atoms with E-state index in [1.165, 1.54) is 12.0 Å². The van der Waals surface area contributed by atoms with Crippen LogP contribution in [0.2, 0.25) is 0 Å². The maximum absolute atomic E-state index is 13.1. The van der Waals surface area contributed by atoms with Crippen molar-refractivity contribution < 1.29 is 24.2 Å². The number of aliphatic hydroxyl groups excluding tert-OH is 1. The van der Waals surface area contributed by atoms with Gasteiger partial charge >= 0.3 is 0 Å². The summed E-state index contributed by atoms with van der Waals surface area (Å²) in [7, 11) is 4.77. The summed E-state index contributed by atoms with van der Waals surface area (Å²) in [6.45, 7) is 2.65. The zero-order valence-electron chi connectivity index (χ0n) is 17.2. The summed E-state index contributed by atoms with van der Waals surface area (Å²) >= 11 is 0. The lowest BCUT2D eigenvalue weighted by Gasteiger charge is -2.20. The van der Waals surface area contributed by atoms with E-state index in [0.29, 0.717) is 34.9 Å². The number of unbranched alkanes of at least 4 members (excludes halogenated alkanes) is 3. The van der Waals surface area contributed by atoms with E-state index in [0.717, 1.165) is 25.7 Å². The molecule has 0 spiro atoms. The van der Waals surface area contributed by atoms with Crippen molar-refractivity contribution in [3.63, 3.8) is 0 Å². The summed E-state index contributed by atoms with van der Waals surface area (Å²) in [5.41, 5.74) is 1.23. The number of carbonyl (C=O) groups is 2. The Labute approximate surface area is 166 Å². The van der Waals surface area contributed by atoms with Crippen molar-refractivity contribution in [3.8, 4) is 11.5 Å². The summed E-state index contributed by atoms with van der Waals surface area (Å²) in [6.07, 6.45) is 3.91. The molecule has 1 aliphatic rings. The summed E-state index contributed by atoms with van der Waals surface area (Å²) < 4.78 is 10.6. The van der Waals surface area contributed by atoms with Gasteiger partial charge in [0.2, 0.25) is 0 Å². The first-order valence-electron chi connectivity index (χ1n) is 9.64. The molecule has 7 nitrogen and oxygen atoms in total. The van der Waals surface area contributed by atoms with E-state index in [2.05, 4.69) is 6.92 Å². The topological polar surface area (TPSA) is 79.3 Å². The summed E-state index contributed by atoms with van der Waals surface area (Å²) in [5, 5.41) is 9.31. The molecule has 1 heterocycles. The molecule has 0 bridgehead atoms. The van der Waals surface area contributed by atoms with Crippen LogP contribution in [0.25, 0.3) is 5.57 Å². The van der Waals surface area contributed by atoms with E-state index in [9.17, 15) is 14.7 Å². The molecule has 1 aromatic carbocycles. The molecular formula is C21H30N2O5. The summed E-state index contributed by atoms with van der Waals surface area (Å²) in [5.74, 6) is 0.402. The zero-order valence-corrected chi connectivity index (χ0v) is 17.2. The molecule has 0 atom stereocenters. The molecule has 2 amide bonds. The number of hydrogen-bond acceptors (Lipinski definition) is 6. The first-order chi connectivity index (χ1) is 13.5. The third kappa shape index (κ3) is 4.47.